The molecule has 9 heteroatoms. The third-order valence-electron chi connectivity index (χ3n) is 5.21. The van der Waals surface area contributed by atoms with Crippen LogP contribution in [-0.2, 0) is 0 Å². The van der Waals surface area contributed by atoms with Crippen molar-refractivity contribution in [1.82, 2.24) is 24.9 Å². The Balaban J connectivity index is 1.40. The van der Waals surface area contributed by atoms with Crippen molar-refractivity contribution in [1.29, 1.82) is 0 Å². The van der Waals surface area contributed by atoms with Crippen LogP contribution in [0.5, 0.6) is 0 Å². The summed E-state index contributed by atoms with van der Waals surface area (Å²) in [6.07, 6.45) is 1.66. The van der Waals surface area contributed by atoms with E-state index in [1.54, 1.807) is 30.5 Å². The number of carbonyl (C=O) groups is 2. The molecular weight excluding hydrogens is 406 g/mol. The number of nitrogens with one attached hydrogen (secondary N) is 4. The van der Waals surface area contributed by atoms with Crippen molar-refractivity contribution in [2.45, 2.75) is 13.8 Å². The first-order chi connectivity index (χ1) is 15.5. The zero-order chi connectivity index (χ0) is 22.2. The Morgan fingerprint density at radius 1 is 0.844 bits per heavy atom. The van der Waals surface area contributed by atoms with Crippen molar-refractivity contribution in [3.63, 3.8) is 0 Å². The maximum absolute atomic E-state index is 12.8. The van der Waals surface area contributed by atoms with Gasteiger partial charge in [0.15, 0.2) is 0 Å². The highest BCUT2D eigenvalue weighted by Crippen LogP contribution is 2.21. The molecule has 4 N–H and O–H groups in total. The van der Waals surface area contributed by atoms with Gasteiger partial charge in [0.1, 0.15) is 11.2 Å². The average Bonchev–Trinajstić information content (AvgIpc) is 3.34. The highest BCUT2D eigenvalue weighted by atomic mass is 16.2. The summed E-state index contributed by atoms with van der Waals surface area (Å²) in [6, 6.07) is 14.6. The lowest BCUT2D eigenvalue weighted by Crippen LogP contribution is -2.15. The van der Waals surface area contributed by atoms with E-state index >= 15 is 0 Å². The van der Waals surface area contributed by atoms with Crippen molar-refractivity contribution in [3.05, 3.63) is 77.4 Å². The lowest BCUT2D eigenvalue weighted by atomic mass is 10.1. The minimum atomic E-state index is -0.401. The van der Waals surface area contributed by atoms with E-state index in [0.717, 1.165) is 22.2 Å². The van der Waals surface area contributed by atoms with Crippen LogP contribution in [0.25, 0.3) is 21.8 Å². The Kier molecular flexibility index (Phi) is 4.63. The van der Waals surface area contributed by atoms with Gasteiger partial charge >= 0.3 is 0 Å². The second-order valence-electron chi connectivity index (χ2n) is 7.41. The molecule has 0 aliphatic heterocycles. The van der Waals surface area contributed by atoms with Gasteiger partial charge in [-0.2, -0.15) is 0 Å². The number of rotatable bonds is 4. The van der Waals surface area contributed by atoms with E-state index < -0.39 is 5.91 Å². The molecule has 3 aromatic heterocycles. The van der Waals surface area contributed by atoms with Gasteiger partial charge in [-0.05, 0) is 37.4 Å². The predicted molar refractivity (Wildman–Crippen MR) is 122 cm³/mol. The molecule has 0 aliphatic rings. The topological polar surface area (TPSA) is 128 Å². The number of imidazole rings is 2. The van der Waals surface area contributed by atoms with Gasteiger partial charge in [0.2, 0.25) is 11.9 Å². The number of aryl methyl sites for hydroxylation is 2. The molecule has 0 aliphatic carbocycles. The Hall–Kier alpha value is -4.53. The fraction of sp³-hybridized carbons (Fsp3) is 0.0870. The Morgan fingerprint density at radius 2 is 1.59 bits per heavy atom. The van der Waals surface area contributed by atoms with Gasteiger partial charge in [-0.1, -0.05) is 30.3 Å². The summed E-state index contributed by atoms with van der Waals surface area (Å²) in [5.41, 5.74) is 3.37. The molecule has 158 valence electrons. The van der Waals surface area contributed by atoms with Crippen LogP contribution in [0.1, 0.15) is 32.2 Å². The van der Waals surface area contributed by atoms with Crippen LogP contribution in [-0.4, -0.2) is 36.7 Å². The van der Waals surface area contributed by atoms with Crippen LogP contribution in [0.3, 0.4) is 0 Å². The van der Waals surface area contributed by atoms with Crippen molar-refractivity contribution < 1.29 is 9.59 Å². The summed E-state index contributed by atoms with van der Waals surface area (Å²) in [6.45, 7) is 3.74. The smallest absolute Gasteiger partial charge is 0.276 e. The van der Waals surface area contributed by atoms with Gasteiger partial charge in [0, 0.05) is 17.3 Å². The van der Waals surface area contributed by atoms with E-state index in [1.807, 2.05) is 38.1 Å². The van der Waals surface area contributed by atoms with Crippen molar-refractivity contribution >= 4 is 45.5 Å². The molecular formula is C23H19N7O2. The minimum Gasteiger partial charge on any atom is -0.328 e. The molecule has 0 atom stereocenters. The zero-order valence-corrected chi connectivity index (χ0v) is 17.4. The Labute approximate surface area is 182 Å². The number of pyridine rings is 1. The number of hydrogen-bond donors (Lipinski definition) is 4. The molecule has 5 aromatic rings. The molecule has 0 unspecified atom stereocenters. The summed E-state index contributed by atoms with van der Waals surface area (Å²) in [5.74, 6) is -0.161. The highest BCUT2D eigenvalue weighted by molar-refractivity contribution is 6.11. The van der Waals surface area contributed by atoms with E-state index in [-0.39, 0.29) is 17.5 Å². The van der Waals surface area contributed by atoms with Crippen LogP contribution in [0.15, 0.2) is 54.7 Å². The van der Waals surface area contributed by atoms with Crippen LogP contribution in [0, 0.1) is 13.8 Å². The number of fused-ring (bicyclic) bond motifs is 2. The molecule has 3 heterocycles. The molecule has 0 fully saturated rings. The predicted octanol–water partition coefficient (Wildman–Crippen LogP) is 3.96. The lowest BCUT2D eigenvalue weighted by molar-refractivity contribution is 0.101. The first kappa shape index (κ1) is 19.4. The maximum atomic E-state index is 12.8. The summed E-state index contributed by atoms with van der Waals surface area (Å²) in [7, 11) is 0. The van der Waals surface area contributed by atoms with Crippen LogP contribution >= 0.6 is 0 Å². The normalized spacial score (nSPS) is 11.1. The Morgan fingerprint density at radius 3 is 2.38 bits per heavy atom. The van der Waals surface area contributed by atoms with E-state index in [2.05, 4.69) is 35.6 Å². The lowest BCUT2D eigenvalue weighted by Gasteiger charge is -2.03. The molecule has 0 radical (unpaired) electrons. The molecule has 0 bridgehead atoms. The number of aromatic amines is 2. The fourth-order valence-corrected chi connectivity index (χ4v) is 3.44. The number of H-pyrrole nitrogens is 2. The summed E-state index contributed by atoms with van der Waals surface area (Å²) >= 11 is 0. The van der Waals surface area contributed by atoms with Gasteiger partial charge in [0.25, 0.3) is 11.8 Å². The van der Waals surface area contributed by atoms with Gasteiger partial charge < -0.3 is 9.97 Å². The summed E-state index contributed by atoms with van der Waals surface area (Å²) in [5, 5.41) is 7.33. The number of carbonyl (C=O) groups excluding carboxylic acids is 2. The molecule has 2 aromatic carbocycles. The number of para-hydroxylation sites is 1. The average molecular weight is 425 g/mol. The van der Waals surface area contributed by atoms with Crippen molar-refractivity contribution in [2.75, 3.05) is 10.6 Å². The first-order valence-corrected chi connectivity index (χ1v) is 9.97. The minimum absolute atomic E-state index is 0.227. The highest BCUT2D eigenvalue weighted by Gasteiger charge is 2.17. The second kappa shape index (κ2) is 7.62. The van der Waals surface area contributed by atoms with Gasteiger partial charge in [-0.25, -0.2) is 9.97 Å². The van der Waals surface area contributed by atoms with Crippen LogP contribution < -0.4 is 10.6 Å². The largest absolute Gasteiger partial charge is 0.328 e. The van der Waals surface area contributed by atoms with Crippen LogP contribution in [0.4, 0.5) is 11.9 Å². The molecule has 9 nitrogen and oxygen atoms in total. The molecule has 0 spiro atoms. The maximum Gasteiger partial charge on any atom is 0.276 e. The second-order valence-corrected chi connectivity index (χ2v) is 7.41. The standard InChI is InChI=1S/C23H19N7O2/c1-12-13(2)26-22(25-12)29-20(31)16-8-5-9-17-19(16)28-23(27-17)30-21(32)18-10-14-6-3-4-7-15(14)11-24-18/h3-11H,1-2H3,(H2,25,26,29,31)(H2,27,28,30,32). The summed E-state index contributed by atoms with van der Waals surface area (Å²) in [4.78, 5) is 44.5. The van der Waals surface area contributed by atoms with E-state index in [4.69, 9.17) is 0 Å². The number of anilines is 2. The zero-order valence-electron chi connectivity index (χ0n) is 17.4. The monoisotopic (exact) mass is 425 g/mol. The number of nitrogens with zero attached hydrogens (tertiary/aromatic N) is 3. The third-order valence-corrected chi connectivity index (χ3v) is 5.21. The molecule has 0 saturated heterocycles. The molecule has 5 rings (SSSR count). The number of benzene rings is 2. The Bertz CT molecular complexity index is 1480. The molecule has 0 saturated carbocycles. The molecule has 32 heavy (non-hydrogen) atoms. The van der Waals surface area contributed by atoms with Crippen molar-refractivity contribution in [2.24, 2.45) is 0 Å². The van der Waals surface area contributed by atoms with Crippen molar-refractivity contribution in [3.8, 4) is 0 Å². The fourth-order valence-electron chi connectivity index (χ4n) is 3.44. The third kappa shape index (κ3) is 3.56. The van der Waals surface area contributed by atoms with Gasteiger partial charge in [-0.15, -0.1) is 0 Å². The van der Waals surface area contributed by atoms with Gasteiger partial charge in [0.05, 0.1) is 16.8 Å². The first-order valence-electron chi connectivity index (χ1n) is 9.97. The number of hydrogen-bond acceptors (Lipinski definition) is 5. The SMILES string of the molecule is Cc1nc(NC(=O)c2cccc3[nH]c(NC(=O)c4cc5ccccc5cn4)nc23)[nH]c1C. The van der Waals surface area contributed by atoms with E-state index in [9.17, 15) is 9.59 Å². The molecule has 2 amide bonds. The summed E-state index contributed by atoms with van der Waals surface area (Å²) < 4.78 is 0. The number of amides is 2. The van der Waals surface area contributed by atoms with Crippen LogP contribution in [0.2, 0.25) is 0 Å². The van der Waals surface area contributed by atoms with Gasteiger partial charge in [-0.3, -0.25) is 25.2 Å². The number of aromatic nitrogens is 5. The van der Waals surface area contributed by atoms with E-state index in [0.29, 0.717) is 22.5 Å². The quantitative estimate of drug-likeness (QED) is 0.346. The van der Waals surface area contributed by atoms with E-state index in [1.165, 1.54) is 0 Å².